The van der Waals surface area contributed by atoms with E-state index in [0.717, 1.165) is 27.7 Å². The van der Waals surface area contributed by atoms with Gasteiger partial charge in [-0.25, -0.2) is 4.79 Å². The smallest absolute Gasteiger partial charge is 0.358 e. The topological polar surface area (TPSA) is 166 Å². The summed E-state index contributed by atoms with van der Waals surface area (Å²) in [5.74, 6) is -3.73. The number of esters is 5. The van der Waals surface area contributed by atoms with Crippen LogP contribution in [0.3, 0.4) is 0 Å². The highest BCUT2D eigenvalue weighted by atomic mass is 16.7. The summed E-state index contributed by atoms with van der Waals surface area (Å²) < 4.78 is 38.1. The van der Waals surface area contributed by atoms with Gasteiger partial charge in [0.15, 0.2) is 23.7 Å². The molecule has 13 nitrogen and oxygen atoms in total. The number of aromatic nitrogens is 1. The molecule has 0 saturated carbocycles. The molecule has 2 heterocycles. The molecule has 5 atom stereocenters. The zero-order chi connectivity index (χ0) is 27.3. The molecule has 0 spiro atoms. The Hall–Kier alpha value is -4.13. The summed E-state index contributed by atoms with van der Waals surface area (Å²) in [5, 5.41) is 0.468. The minimum atomic E-state index is -1.51. The summed E-state index contributed by atoms with van der Waals surface area (Å²) >= 11 is 0. The van der Waals surface area contributed by atoms with Crippen LogP contribution in [0.15, 0.2) is 24.3 Å². The van der Waals surface area contributed by atoms with E-state index in [9.17, 15) is 24.0 Å². The molecule has 3 rings (SSSR count). The van der Waals surface area contributed by atoms with Crippen molar-refractivity contribution >= 4 is 40.7 Å². The van der Waals surface area contributed by atoms with Gasteiger partial charge in [-0.15, -0.1) is 0 Å². The zero-order valence-corrected chi connectivity index (χ0v) is 20.8. The number of nitrogens with one attached hydrogen (secondary N) is 1. The van der Waals surface area contributed by atoms with Crippen molar-refractivity contribution in [2.75, 3.05) is 13.7 Å². The van der Waals surface area contributed by atoms with E-state index < -0.39 is 67.2 Å². The van der Waals surface area contributed by atoms with Crippen LogP contribution >= 0.6 is 0 Å². The lowest BCUT2D eigenvalue weighted by Crippen LogP contribution is -2.63. The van der Waals surface area contributed by atoms with E-state index in [1.165, 1.54) is 7.11 Å². The van der Waals surface area contributed by atoms with Crippen molar-refractivity contribution in [3.8, 4) is 5.75 Å². The average Bonchev–Trinajstić information content (AvgIpc) is 3.18. The van der Waals surface area contributed by atoms with Crippen molar-refractivity contribution in [2.24, 2.45) is 0 Å². The van der Waals surface area contributed by atoms with Crippen LogP contribution in [0.5, 0.6) is 5.75 Å². The minimum Gasteiger partial charge on any atom is -0.464 e. The molecule has 1 aromatic heterocycles. The van der Waals surface area contributed by atoms with Crippen LogP contribution in [0.25, 0.3) is 10.9 Å². The van der Waals surface area contributed by atoms with E-state index in [4.69, 9.17) is 33.2 Å². The first kappa shape index (κ1) is 27.5. The molecular formula is C24H27NO12. The van der Waals surface area contributed by atoms with Gasteiger partial charge in [0.05, 0.1) is 7.11 Å². The van der Waals surface area contributed by atoms with E-state index in [0.29, 0.717) is 10.9 Å². The lowest BCUT2D eigenvalue weighted by Gasteiger charge is -2.43. The number of hydrogen-bond donors (Lipinski definition) is 1. The van der Waals surface area contributed by atoms with Crippen molar-refractivity contribution in [3.05, 3.63) is 30.0 Å². The molecule has 0 aliphatic carbocycles. The fourth-order valence-corrected chi connectivity index (χ4v) is 3.88. The number of benzene rings is 1. The molecule has 1 saturated heterocycles. The van der Waals surface area contributed by atoms with Gasteiger partial charge in [-0.05, 0) is 12.1 Å². The van der Waals surface area contributed by atoms with Gasteiger partial charge in [-0.1, -0.05) is 12.1 Å². The third kappa shape index (κ3) is 6.55. The molecule has 1 N–H and O–H groups in total. The number of hydrogen-bond acceptors (Lipinski definition) is 12. The highest BCUT2D eigenvalue weighted by Crippen LogP contribution is 2.36. The predicted octanol–water partition coefficient (Wildman–Crippen LogP) is 1.42. The molecule has 0 unspecified atom stereocenters. The van der Waals surface area contributed by atoms with E-state index in [1.807, 2.05) is 0 Å². The molecule has 0 amide bonds. The lowest BCUT2D eigenvalue weighted by molar-refractivity contribution is -0.288. The summed E-state index contributed by atoms with van der Waals surface area (Å²) in [6, 6.07) is 6.80. The summed E-state index contributed by atoms with van der Waals surface area (Å²) in [6.45, 7) is 4.08. The second kappa shape index (κ2) is 11.7. The summed E-state index contributed by atoms with van der Waals surface area (Å²) in [4.78, 5) is 62.8. The van der Waals surface area contributed by atoms with Gasteiger partial charge in [-0.3, -0.25) is 19.2 Å². The molecule has 1 aliphatic heterocycles. The van der Waals surface area contributed by atoms with Gasteiger partial charge in [0.1, 0.15) is 12.7 Å². The minimum absolute atomic E-state index is 0.00310. The Morgan fingerprint density at radius 2 is 1.43 bits per heavy atom. The van der Waals surface area contributed by atoms with Crippen molar-refractivity contribution < 1.29 is 57.1 Å². The molecule has 0 bridgehead atoms. The maximum atomic E-state index is 12.5. The Morgan fingerprint density at radius 3 is 2.03 bits per heavy atom. The average molecular weight is 521 g/mol. The monoisotopic (exact) mass is 521 g/mol. The van der Waals surface area contributed by atoms with Gasteiger partial charge < -0.3 is 38.1 Å². The summed E-state index contributed by atoms with van der Waals surface area (Å²) in [7, 11) is 1.19. The Kier molecular flexibility index (Phi) is 8.71. The standard InChI is InChI=1S/C24H27NO12/c1-11(26)32-10-17-20(33-12(2)27)21(34-13(3)28)22(35-14(4)29)24(36-17)37-19-15-8-6-7-9-16(15)25-18(19)23(30)31-5/h6-9,17,20-22,24-25H,10H2,1-5H3/t17-,20-,21+,22-,24+/m1/s1. The highest BCUT2D eigenvalue weighted by Gasteiger charge is 2.53. The number of fused-ring (bicyclic) bond motifs is 1. The number of para-hydroxylation sites is 1. The third-order valence-corrected chi connectivity index (χ3v) is 5.23. The largest absolute Gasteiger partial charge is 0.464 e. The van der Waals surface area contributed by atoms with Crippen molar-refractivity contribution in [2.45, 2.75) is 58.4 Å². The highest BCUT2D eigenvalue weighted by molar-refractivity contribution is 6.00. The van der Waals surface area contributed by atoms with Crippen LogP contribution in [-0.4, -0.2) is 79.3 Å². The van der Waals surface area contributed by atoms with Gasteiger partial charge in [-0.2, -0.15) is 0 Å². The fraction of sp³-hybridized carbons (Fsp3) is 0.458. The van der Waals surface area contributed by atoms with Crippen molar-refractivity contribution in [3.63, 3.8) is 0 Å². The maximum absolute atomic E-state index is 12.5. The molecule has 37 heavy (non-hydrogen) atoms. The molecule has 2 aromatic rings. The van der Waals surface area contributed by atoms with Crippen LogP contribution in [0.1, 0.15) is 38.2 Å². The van der Waals surface area contributed by atoms with Crippen LogP contribution in [0, 0.1) is 0 Å². The number of carbonyl (C=O) groups excluding carboxylic acids is 5. The SMILES string of the molecule is COC(=O)c1[nH]c2ccccc2c1O[C@@H]1O[C@H](COC(C)=O)[C@@H](OC(C)=O)[C@H](OC(C)=O)[C@H]1OC(C)=O. The van der Waals surface area contributed by atoms with Gasteiger partial charge in [0, 0.05) is 38.6 Å². The van der Waals surface area contributed by atoms with Crippen molar-refractivity contribution in [1.82, 2.24) is 4.98 Å². The van der Waals surface area contributed by atoms with Gasteiger partial charge in [0.25, 0.3) is 0 Å². The predicted molar refractivity (Wildman–Crippen MR) is 122 cm³/mol. The molecule has 0 radical (unpaired) electrons. The first-order valence-electron chi connectivity index (χ1n) is 11.2. The van der Waals surface area contributed by atoms with E-state index in [1.54, 1.807) is 24.3 Å². The molecule has 1 aromatic carbocycles. The lowest BCUT2D eigenvalue weighted by atomic mass is 9.98. The Bertz CT molecular complexity index is 1190. The summed E-state index contributed by atoms with van der Waals surface area (Å²) in [5.41, 5.74) is 0.472. The molecule has 200 valence electrons. The number of aromatic amines is 1. The van der Waals surface area contributed by atoms with Crippen LogP contribution in [0.4, 0.5) is 0 Å². The molecule has 1 aliphatic rings. The van der Waals surface area contributed by atoms with Crippen LogP contribution in [-0.2, 0) is 47.6 Å². The number of ether oxygens (including phenoxy) is 7. The summed E-state index contributed by atoms with van der Waals surface area (Å²) in [6.07, 6.45) is -6.94. The zero-order valence-electron chi connectivity index (χ0n) is 20.8. The second-order valence-electron chi connectivity index (χ2n) is 8.05. The molecular weight excluding hydrogens is 494 g/mol. The number of rotatable bonds is 8. The van der Waals surface area contributed by atoms with Crippen molar-refractivity contribution in [1.29, 1.82) is 0 Å². The quantitative estimate of drug-likeness (QED) is 0.393. The van der Waals surface area contributed by atoms with E-state index in [-0.39, 0.29) is 11.4 Å². The van der Waals surface area contributed by atoms with Gasteiger partial charge in [0.2, 0.25) is 12.4 Å². The maximum Gasteiger partial charge on any atom is 0.358 e. The first-order chi connectivity index (χ1) is 17.5. The first-order valence-corrected chi connectivity index (χ1v) is 11.2. The normalized spacial score (nSPS) is 23.0. The molecule has 13 heteroatoms. The fourth-order valence-electron chi connectivity index (χ4n) is 3.88. The number of H-pyrrole nitrogens is 1. The Balaban J connectivity index is 2.11. The van der Waals surface area contributed by atoms with Crippen LogP contribution in [0.2, 0.25) is 0 Å². The molecule has 1 fully saturated rings. The Morgan fingerprint density at radius 1 is 0.838 bits per heavy atom. The van der Waals surface area contributed by atoms with Gasteiger partial charge >= 0.3 is 29.8 Å². The number of carbonyl (C=O) groups is 5. The van der Waals surface area contributed by atoms with E-state index in [2.05, 4.69) is 4.98 Å². The third-order valence-electron chi connectivity index (χ3n) is 5.23. The Labute approximate surface area is 211 Å². The van der Waals surface area contributed by atoms with Crippen LogP contribution < -0.4 is 4.74 Å². The van der Waals surface area contributed by atoms with E-state index >= 15 is 0 Å². The number of methoxy groups -OCH3 is 1. The second-order valence-corrected chi connectivity index (χ2v) is 8.05.